The highest BCUT2D eigenvalue weighted by molar-refractivity contribution is 5.95. The number of aryl methyl sites for hydroxylation is 1. The molecular weight excluding hydrogens is 400 g/mol. The minimum atomic E-state index is 0.00778. The van der Waals surface area contributed by atoms with Crippen LogP contribution in [0, 0.1) is 23.2 Å². The van der Waals surface area contributed by atoms with Crippen LogP contribution in [-0.2, 0) is 17.9 Å². The number of benzene rings is 1. The van der Waals surface area contributed by atoms with E-state index in [1.165, 1.54) is 38.5 Å². The van der Waals surface area contributed by atoms with Crippen molar-refractivity contribution in [3.63, 3.8) is 0 Å². The van der Waals surface area contributed by atoms with Gasteiger partial charge in [0.25, 0.3) is 5.91 Å². The number of carbonyl (C=O) groups excluding carboxylic acids is 2. The van der Waals surface area contributed by atoms with Crippen LogP contribution in [0.25, 0.3) is 0 Å². The number of hydrogen-bond acceptors (Lipinski definition) is 3. The molecule has 5 aliphatic rings. The summed E-state index contributed by atoms with van der Waals surface area (Å²) in [5, 5.41) is 7.45. The van der Waals surface area contributed by atoms with Crippen LogP contribution in [0.3, 0.4) is 0 Å². The van der Waals surface area contributed by atoms with E-state index in [1.54, 1.807) is 11.1 Å². The van der Waals surface area contributed by atoms with Crippen molar-refractivity contribution in [1.82, 2.24) is 15.1 Å². The second-order valence-corrected chi connectivity index (χ2v) is 10.8. The molecule has 0 spiro atoms. The van der Waals surface area contributed by atoms with E-state index in [1.807, 2.05) is 35.0 Å². The van der Waals surface area contributed by atoms with Crippen molar-refractivity contribution in [2.45, 2.75) is 64.5 Å². The molecule has 0 radical (unpaired) electrons. The summed E-state index contributed by atoms with van der Waals surface area (Å²) >= 11 is 0. The Bertz CT molecular complexity index is 989. The lowest BCUT2D eigenvalue weighted by Crippen LogP contribution is -2.47. The van der Waals surface area contributed by atoms with E-state index in [2.05, 4.69) is 10.4 Å². The maximum atomic E-state index is 12.7. The van der Waals surface area contributed by atoms with Crippen LogP contribution >= 0.6 is 0 Å². The van der Waals surface area contributed by atoms with Crippen molar-refractivity contribution >= 4 is 17.6 Å². The van der Waals surface area contributed by atoms with E-state index in [4.69, 9.17) is 0 Å². The molecular formula is C26H32N4O2. The van der Waals surface area contributed by atoms with Gasteiger partial charge in [-0.25, -0.2) is 4.68 Å². The minimum absolute atomic E-state index is 0.00778. The first kappa shape index (κ1) is 20.0. The molecule has 0 unspecified atom stereocenters. The Labute approximate surface area is 189 Å². The van der Waals surface area contributed by atoms with Crippen molar-refractivity contribution in [2.24, 2.45) is 23.2 Å². The van der Waals surface area contributed by atoms with Gasteiger partial charge in [0.1, 0.15) is 5.82 Å². The summed E-state index contributed by atoms with van der Waals surface area (Å²) in [4.78, 5) is 26.9. The van der Waals surface area contributed by atoms with Crippen molar-refractivity contribution in [2.75, 3.05) is 11.4 Å². The number of nitrogens with one attached hydrogen (secondary N) is 1. The Morgan fingerprint density at radius 2 is 1.72 bits per heavy atom. The molecule has 1 aromatic carbocycles. The molecule has 0 saturated heterocycles. The molecule has 1 N–H and O–H groups in total. The lowest BCUT2D eigenvalue weighted by atomic mass is 9.49. The van der Waals surface area contributed by atoms with Gasteiger partial charge in [0.15, 0.2) is 0 Å². The Morgan fingerprint density at radius 3 is 2.41 bits per heavy atom. The van der Waals surface area contributed by atoms with E-state index in [0.717, 1.165) is 42.1 Å². The summed E-state index contributed by atoms with van der Waals surface area (Å²) in [7, 11) is 0. The standard InChI is InChI=1S/C26H32N4O2/c31-24-6-10-30-23(5-8-28-30)29(24)17-18-1-3-22(4-2-18)25(32)27-9-7-26-14-19-11-20(15-26)13-21(12-19)16-26/h1-5,8,19-21H,6-7,9-17H2,(H,27,32). The fourth-order valence-electron chi connectivity index (χ4n) is 7.44. The maximum Gasteiger partial charge on any atom is 0.251 e. The summed E-state index contributed by atoms with van der Waals surface area (Å²) in [5.41, 5.74) is 2.20. The first-order chi connectivity index (χ1) is 15.6. The molecule has 2 amide bonds. The number of hydrogen-bond donors (Lipinski definition) is 1. The Balaban J connectivity index is 1.05. The molecule has 0 atom stereocenters. The smallest absolute Gasteiger partial charge is 0.251 e. The van der Waals surface area contributed by atoms with E-state index < -0.39 is 0 Å². The monoisotopic (exact) mass is 432 g/mol. The second-order valence-electron chi connectivity index (χ2n) is 10.8. The third-order valence-electron chi connectivity index (χ3n) is 8.47. The molecule has 6 heteroatoms. The maximum absolute atomic E-state index is 12.7. The molecule has 2 heterocycles. The molecule has 32 heavy (non-hydrogen) atoms. The highest BCUT2D eigenvalue weighted by atomic mass is 16.2. The summed E-state index contributed by atoms with van der Waals surface area (Å²) in [6, 6.07) is 9.54. The topological polar surface area (TPSA) is 67.2 Å². The molecule has 6 nitrogen and oxygen atoms in total. The molecule has 1 aromatic heterocycles. The van der Waals surface area contributed by atoms with Crippen LogP contribution in [0.15, 0.2) is 36.5 Å². The van der Waals surface area contributed by atoms with E-state index in [0.29, 0.717) is 30.5 Å². The normalized spacial score (nSPS) is 30.4. The minimum Gasteiger partial charge on any atom is -0.352 e. The summed E-state index contributed by atoms with van der Waals surface area (Å²) < 4.78 is 1.87. The Morgan fingerprint density at radius 1 is 1.03 bits per heavy atom. The Hall–Kier alpha value is -2.63. The van der Waals surface area contributed by atoms with Crippen molar-refractivity contribution < 1.29 is 9.59 Å². The SMILES string of the molecule is O=C(NCCC12CC3CC(CC(C3)C1)C2)c1ccc(CN2C(=O)CCn3nccc32)cc1. The predicted molar refractivity (Wildman–Crippen MR) is 122 cm³/mol. The summed E-state index contributed by atoms with van der Waals surface area (Å²) in [6.07, 6.45) is 11.9. The van der Waals surface area contributed by atoms with E-state index in [-0.39, 0.29) is 11.8 Å². The first-order valence-electron chi connectivity index (χ1n) is 12.3. The molecule has 4 aliphatic carbocycles. The average Bonchev–Trinajstić information content (AvgIpc) is 3.24. The molecule has 4 fully saturated rings. The molecule has 168 valence electrons. The van der Waals surface area contributed by atoms with E-state index in [9.17, 15) is 9.59 Å². The molecule has 4 bridgehead atoms. The molecule has 7 rings (SSSR count). The van der Waals surface area contributed by atoms with Gasteiger partial charge in [-0.2, -0.15) is 5.10 Å². The lowest BCUT2D eigenvalue weighted by molar-refractivity contribution is -0.119. The number of nitrogens with zero attached hydrogens (tertiary/aromatic N) is 3. The van der Waals surface area contributed by atoms with Crippen LogP contribution in [-0.4, -0.2) is 28.1 Å². The lowest BCUT2D eigenvalue weighted by Gasteiger charge is -2.57. The number of rotatable bonds is 6. The van der Waals surface area contributed by atoms with Crippen LogP contribution in [0.4, 0.5) is 5.82 Å². The molecule has 1 aliphatic heterocycles. The number of carbonyl (C=O) groups is 2. The average molecular weight is 433 g/mol. The number of aromatic nitrogens is 2. The number of anilines is 1. The van der Waals surface area contributed by atoms with Gasteiger partial charge in [0.05, 0.1) is 19.3 Å². The third kappa shape index (κ3) is 3.63. The van der Waals surface area contributed by atoms with Crippen LogP contribution in [0.1, 0.15) is 67.3 Å². The van der Waals surface area contributed by atoms with Gasteiger partial charge < -0.3 is 5.32 Å². The van der Waals surface area contributed by atoms with Crippen molar-refractivity contribution in [1.29, 1.82) is 0 Å². The quantitative estimate of drug-likeness (QED) is 0.745. The second kappa shape index (κ2) is 7.75. The highest BCUT2D eigenvalue weighted by Crippen LogP contribution is 2.61. The van der Waals surface area contributed by atoms with Gasteiger partial charge in [-0.1, -0.05) is 12.1 Å². The first-order valence-corrected chi connectivity index (χ1v) is 12.3. The molecule has 4 saturated carbocycles. The van der Waals surface area contributed by atoms with Crippen LogP contribution in [0.2, 0.25) is 0 Å². The number of fused-ring (bicyclic) bond motifs is 1. The predicted octanol–water partition coefficient (Wildman–Crippen LogP) is 4.16. The van der Waals surface area contributed by atoms with Gasteiger partial charge in [-0.15, -0.1) is 0 Å². The fraction of sp³-hybridized carbons (Fsp3) is 0.577. The fourth-order valence-corrected chi connectivity index (χ4v) is 7.44. The van der Waals surface area contributed by atoms with Gasteiger partial charge in [-0.05, 0) is 85.8 Å². The molecule has 2 aromatic rings. The zero-order valence-electron chi connectivity index (χ0n) is 18.6. The van der Waals surface area contributed by atoms with Gasteiger partial charge in [0.2, 0.25) is 5.91 Å². The Kier molecular flexibility index (Phi) is 4.85. The summed E-state index contributed by atoms with van der Waals surface area (Å²) in [5.74, 6) is 3.82. The zero-order valence-corrected chi connectivity index (χ0v) is 18.6. The largest absolute Gasteiger partial charge is 0.352 e. The van der Waals surface area contributed by atoms with Crippen LogP contribution < -0.4 is 10.2 Å². The third-order valence-corrected chi connectivity index (χ3v) is 8.47. The van der Waals surface area contributed by atoms with Crippen LogP contribution in [0.5, 0.6) is 0 Å². The number of amides is 2. The summed E-state index contributed by atoms with van der Waals surface area (Å²) in [6.45, 7) is 1.91. The highest BCUT2D eigenvalue weighted by Gasteiger charge is 2.50. The van der Waals surface area contributed by atoms with Crippen molar-refractivity contribution in [3.8, 4) is 0 Å². The van der Waals surface area contributed by atoms with Gasteiger partial charge >= 0.3 is 0 Å². The van der Waals surface area contributed by atoms with Crippen molar-refractivity contribution in [3.05, 3.63) is 47.7 Å². The zero-order chi connectivity index (χ0) is 21.7. The van der Waals surface area contributed by atoms with Gasteiger partial charge in [0, 0.05) is 24.6 Å². The van der Waals surface area contributed by atoms with Gasteiger partial charge in [-0.3, -0.25) is 14.5 Å². The van der Waals surface area contributed by atoms with E-state index >= 15 is 0 Å².